The van der Waals surface area contributed by atoms with Crippen LogP contribution in [0.15, 0.2) is 72.8 Å². The summed E-state index contributed by atoms with van der Waals surface area (Å²) >= 11 is 0. The summed E-state index contributed by atoms with van der Waals surface area (Å²) in [5.74, 6) is 1.41. The second kappa shape index (κ2) is 9.64. The number of para-hydroxylation sites is 1. The number of carbonyl (C=O) groups is 1. The lowest BCUT2D eigenvalue weighted by atomic mass is 9.87. The van der Waals surface area contributed by atoms with Gasteiger partial charge in [0, 0.05) is 22.9 Å². The van der Waals surface area contributed by atoms with Crippen LogP contribution < -0.4 is 14.2 Å². The van der Waals surface area contributed by atoms with Crippen molar-refractivity contribution in [2.24, 2.45) is 5.92 Å². The van der Waals surface area contributed by atoms with E-state index in [0.29, 0.717) is 47.3 Å². The van der Waals surface area contributed by atoms with E-state index < -0.39 is 12.1 Å². The Labute approximate surface area is 202 Å². The number of hydrogen-bond acceptors (Lipinski definition) is 7. The number of nitrogens with zero attached hydrogens (tertiary/aromatic N) is 1. The van der Waals surface area contributed by atoms with Crippen molar-refractivity contribution in [2.45, 2.75) is 12.5 Å². The molecule has 5 rings (SSSR count). The van der Waals surface area contributed by atoms with E-state index in [2.05, 4.69) is 4.98 Å². The Morgan fingerprint density at radius 1 is 1.06 bits per heavy atom. The molecule has 1 aliphatic heterocycles. The standard InChI is InChI=1S/C28H25NO6/c1-32-24-10-7-17(14-22(24)28(31)33-2)13-19-16-34-25-11-9-20(15-21(25)27(19)30)35-26-12-8-18-5-3-4-6-23(18)29-26/h3-12,14-15,19,27,30H,13,16H2,1-2H3/t19-,27-/m1/s1. The van der Waals surface area contributed by atoms with E-state index in [1.165, 1.54) is 14.2 Å². The van der Waals surface area contributed by atoms with Gasteiger partial charge in [0.05, 0.1) is 32.4 Å². The first kappa shape index (κ1) is 22.7. The van der Waals surface area contributed by atoms with Crippen LogP contribution in [0.3, 0.4) is 0 Å². The van der Waals surface area contributed by atoms with Crippen LogP contribution in [-0.4, -0.2) is 36.9 Å². The summed E-state index contributed by atoms with van der Waals surface area (Å²) in [7, 11) is 2.83. The fraction of sp³-hybridized carbons (Fsp3) is 0.214. The van der Waals surface area contributed by atoms with Crippen molar-refractivity contribution in [3.63, 3.8) is 0 Å². The molecule has 0 amide bonds. The number of aliphatic hydroxyl groups is 1. The monoisotopic (exact) mass is 471 g/mol. The lowest BCUT2D eigenvalue weighted by molar-refractivity contribution is 0.0505. The van der Waals surface area contributed by atoms with E-state index in [9.17, 15) is 9.90 Å². The topological polar surface area (TPSA) is 87.1 Å². The van der Waals surface area contributed by atoms with Crippen molar-refractivity contribution in [3.8, 4) is 23.1 Å². The molecule has 0 fully saturated rings. The zero-order valence-corrected chi connectivity index (χ0v) is 19.4. The first-order valence-electron chi connectivity index (χ1n) is 11.3. The molecule has 1 aromatic heterocycles. The van der Waals surface area contributed by atoms with Crippen molar-refractivity contribution < 1.29 is 28.8 Å². The van der Waals surface area contributed by atoms with Gasteiger partial charge in [-0.15, -0.1) is 0 Å². The van der Waals surface area contributed by atoms with Gasteiger partial charge in [-0.3, -0.25) is 0 Å². The molecule has 0 saturated carbocycles. The summed E-state index contributed by atoms with van der Waals surface area (Å²) in [6.07, 6.45) is -0.262. The molecule has 1 aliphatic rings. The lowest BCUT2D eigenvalue weighted by Crippen LogP contribution is -2.27. The Hall–Kier alpha value is -4.10. The summed E-state index contributed by atoms with van der Waals surface area (Å²) in [4.78, 5) is 16.7. The number of carbonyl (C=O) groups excluding carboxylic acids is 1. The largest absolute Gasteiger partial charge is 0.496 e. The van der Waals surface area contributed by atoms with Gasteiger partial charge in [0.25, 0.3) is 0 Å². The van der Waals surface area contributed by atoms with Crippen LogP contribution in [0.2, 0.25) is 0 Å². The molecule has 178 valence electrons. The summed E-state index contributed by atoms with van der Waals surface area (Å²) in [5, 5.41) is 12.2. The maximum absolute atomic E-state index is 12.1. The number of aliphatic hydroxyl groups excluding tert-OH is 1. The van der Waals surface area contributed by atoms with Crippen molar-refractivity contribution >= 4 is 16.9 Å². The Bertz CT molecular complexity index is 1390. The molecule has 2 heterocycles. The summed E-state index contributed by atoms with van der Waals surface area (Å²) in [6, 6.07) is 22.3. The predicted molar refractivity (Wildman–Crippen MR) is 130 cm³/mol. The quantitative estimate of drug-likeness (QED) is 0.391. The molecule has 35 heavy (non-hydrogen) atoms. The van der Waals surface area contributed by atoms with Gasteiger partial charge < -0.3 is 24.1 Å². The van der Waals surface area contributed by atoms with Gasteiger partial charge in [0.15, 0.2) is 0 Å². The molecular weight excluding hydrogens is 446 g/mol. The molecule has 3 aromatic carbocycles. The van der Waals surface area contributed by atoms with E-state index in [1.54, 1.807) is 30.3 Å². The lowest BCUT2D eigenvalue weighted by Gasteiger charge is -2.30. The number of methoxy groups -OCH3 is 2. The minimum absolute atomic E-state index is 0.213. The van der Waals surface area contributed by atoms with Crippen LogP contribution >= 0.6 is 0 Å². The van der Waals surface area contributed by atoms with Crippen molar-refractivity contribution in [1.29, 1.82) is 0 Å². The zero-order valence-electron chi connectivity index (χ0n) is 19.4. The second-order valence-electron chi connectivity index (χ2n) is 8.39. The average molecular weight is 472 g/mol. The van der Waals surface area contributed by atoms with E-state index in [-0.39, 0.29) is 5.92 Å². The van der Waals surface area contributed by atoms with Crippen LogP contribution in [0.5, 0.6) is 23.1 Å². The Balaban J connectivity index is 1.36. The second-order valence-corrected chi connectivity index (χ2v) is 8.39. The summed E-state index contributed by atoms with van der Waals surface area (Å²) in [6.45, 7) is 0.347. The number of hydrogen-bond donors (Lipinski definition) is 1. The molecule has 0 unspecified atom stereocenters. The average Bonchev–Trinajstić information content (AvgIpc) is 2.90. The fourth-order valence-corrected chi connectivity index (χ4v) is 4.34. The highest BCUT2D eigenvalue weighted by Gasteiger charge is 2.30. The number of esters is 1. The van der Waals surface area contributed by atoms with Gasteiger partial charge in [-0.25, -0.2) is 9.78 Å². The molecule has 4 aromatic rings. The Kier molecular flexibility index (Phi) is 6.25. The van der Waals surface area contributed by atoms with Crippen molar-refractivity contribution in [1.82, 2.24) is 4.98 Å². The van der Waals surface area contributed by atoms with Gasteiger partial charge in [-0.1, -0.05) is 24.3 Å². The number of aromatic nitrogens is 1. The molecular formula is C28H25NO6. The number of ether oxygens (including phenoxy) is 4. The molecule has 1 N–H and O–H groups in total. The van der Waals surface area contributed by atoms with Gasteiger partial charge in [-0.05, 0) is 54.4 Å². The molecule has 0 spiro atoms. The minimum Gasteiger partial charge on any atom is -0.496 e. The maximum Gasteiger partial charge on any atom is 0.341 e. The molecule has 0 saturated heterocycles. The number of rotatable bonds is 6. The van der Waals surface area contributed by atoms with Gasteiger partial charge in [0.1, 0.15) is 22.8 Å². The minimum atomic E-state index is -0.768. The first-order valence-corrected chi connectivity index (χ1v) is 11.3. The summed E-state index contributed by atoms with van der Waals surface area (Å²) < 4.78 is 22.1. The summed E-state index contributed by atoms with van der Waals surface area (Å²) in [5.41, 5.74) is 2.71. The van der Waals surface area contributed by atoms with Gasteiger partial charge in [0.2, 0.25) is 5.88 Å². The normalized spacial score (nSPS) is 16.8. The molecule has 0 radical (unpaired) electrons. The van der Waals surface area contributed by atoms with Crippen molar-refractivity contribution in [3.05, 3.63) is 89.5 Å². The first-order chi connectivity index (χ1) is 17.1. The van der Waals surface area contributed by atoms with E-state index >= 15 is 0 Å². The van der Waals surface area contributed by atoms with E-state index in [0.717, 1.165) is 16.5 Å². The molecule has 7 nitrogen and oxygen atoms in total. The van der Waals surface area contributed by atoms with Crippen LogP contribution in [0.4, 0.5) is 0 Å². The molecule has 0 bridgehead atoms. The zero-order chi connectivity index (χ0) is 24.4. The highest BCUT2D eigenvalue weighted by molar-refractivity contribution is 5.92. The third-order valence-corrected chi connectivity index (χ3v) is 6.16. The van der Waals surface area contributed by atoms with Gasteiger partial charge in [-0.2, -0.15) is 0 Å². The van der Waals surface area contributed by atoms with E-state index in [1.807, 2.05) is 42.5 Å². The Morgan fingerprint density at radius 3 is 2.74 bits per heavy atom. The van der Waals surface area contributed by atoms with Crippen molar-refractivity contribution in [2.75, 3.05) is 20.8 Å². The Morgan fingerprint density at radius 2 is 1.91 bits per heavy atom. The van der Waals surface area contributed by atoms with Crippen LogP contribution in [0, 0.1) is 5.92 Å². The predicted octanol–water partition coefficient (Wildman–Crippen LogP) is 5.11. The van der Waals surface area contributed by atoms with Crippen LogP contribution in [0.25, 0.3) is 10.9 Å². The number of fused-ring (bicyclic) bond motifs is 2. The van der Waals surface area contributed by atoms with E-state index in [4.69, 9.17) is 18.9 Å². The SMILES string of the molecule is COC(=O)c1cc(C[C@@H]2COc3ccc(Oc4ccc5ccccc5n4)cc3[C@@H]2O)ccc1OC. The highest BCUT2D eigenvalue weighted by atomic mass is 16.5. The van der Waals surface area contributed by atoms with Gasteiger partial charge >= 0.3 is 5.97 Å². The molecule has 2 atom stereocenters. The third-order valence-electron chi connectivity index (χ3n) is 6.16. The fourth-order valence-electron chi connectivity index (χ4n) is 4.34. The molecule has 7 heteroatoms. The molecule has 0 aliphatic carbocycles. The number of pyridine rings is 1. The number of benzene rings is 3. The smallest absolute Gasteiger partial charge is 0.341 e. The van der Waals surface area contributed by atoms with Crippen LogP contribution in [0.1, 0.15) is 27.6 Å². The van der Waals surface area contributed by atoms with Crippen LogP contribution in [-0.2, 0) is 11.2 Å². The highest BCUT2D eigenvalue weighted by Crippen LogP contribution is 2.40. The third kappa shape index (κ3) is 4.63. The maximum atomic E-state index is 12.1.